The molecule has 0 saturated carbocycles. The predicted molar refractivity (Wildman–Crippen MR) is 74.9 cm³/mol. The molecule has 0 radical (unpaired) electrons. The van der Waals surface area contributed by atoms with Crippen molar-refractivity contribution in [3.63, 3.8) is 0 Å². The molecule has 0 saturated heterocycles. The van der Waals surface area contributed by atoms with Crippen molar-refractivity contribution in [2.45, 2.75) is 39.8 Å². The number of nitrogens with zero attached hydrogens (tertiary/aromatic N) is 3. The maximum atomic E-state index is 12.3. The van der Waals surface area contributed by atoms with Gasteiger partial charge < -0.3 is 9.47 Å². The summed E-state index contributed by atoms with van der Waals surface area (Å²) in [5.74, 6) is 0.555. The van der Waals surface area contributed by atoms with Gasteiger partial charge in [-0.1, -0.05) is 13.8 Å². The van der Waals surface area contributed by atoms with Crippen molar-refractivity contribution in [3.05, 3.63) is 33.2 Å². The third-order valence-electron chi connectivity index (χ3n) is 3.71. The summed E-state index contributed by atoms with van der Waals surface area (Å²) in [6, 6.07) is 3.81. The topological polar surface area (TPSA) is 49.0 Å². The minimum Gasteiger partial charge on any atom is -0.311 e. The maximum Gasteiger partial charge on any atom is 0.268 e. The summed E-state index contributed by atoms with van der Waals surface area (Å²) in [6.07, 6.45) is 1.86. The van der Waals surface area contributed by atoms with E-state index >= 15 is 0 Å². The van der Waals surface area contributed by atoms with Gasteiger partial charge in [0.2, 0.25) is 0 Å². The molecule has 0 atom stereocenters. The van der Waals surface area contributed by atoms with Gasteiger partial charge in [-0.15, -0.1) is 0 Å². The molecule has 102 valence electrons. The van der Waals surface area contributed by atoms with E-state index in [9.17, 15) is 4.79 Å². The molecule has 0 bridgehead atoms. The van der Waals surface area contributed by atoms with Crippen LogP contribution in [0.1, 0.15) is 37.1 Å². The third-order valence-corrected chi connectivity index (χ3v) is 3.71. The Bertz CT molecular complexity index is 566. The van der Waals surface area contributed by atoms with Crippen LogP contribution in [0.25, 0.3) is 0 Å². The zero-order valence-electron chi connectivity index (χ0n) is 11.9. The molecule has 4 heteroatoms. The van der Waals surface area contributed by atoms with Gasteiger partial charge in [-0.2, -0.15) is 5.26 Å². The van der Waals surface area contributed by atoms with Crippen molar-refractivity contribution >= 4 is 0 Å². The van der Waals surface area contributed by atoms with Gasteiger partial charge in [0.15, 0.2) is 0 Å². The van der Waals surface area contributed by atoms with Gasteiger partial charge in [-0.05, 0) is 31.0 Å². The molecule has 1 aromatic rings. The number of rotatable bonds is 3. The molecule has 1 aromatic heterocycles. The van der Waals surface area contributed by atoms with Crippen LogP contribution in [0.15, 0.2) is 10.9 Å². The molecule has 0 spiro atoms. The molecule has 2 rings (SSSR count). The highest BCUT2D eigenvalue weighted by Gasteiger charge is 2.19. The number of hydrogen-bond donors (Lipinski definition) is 0. The van der Waals surface area contributed by atoms with Crippen LogP contribution in [0.3, 0.4) is 0 Å². The highest BCUT2D eigenvalue weighted by Crippen LogP contribution is 2.18. The number of aromatic nitrogens is 1. The quantitative estimate of drug-likeness (QED) is 0.831. The Hall–Kier alpha value is -1.60. The lowest BCUT2D eigenvalue weighted by atomic mass is 10.0. The van der Waals surface area contributed by atoms with Crippen molar-refractivity contribution in [1.29, 1.82) is 5.26 Å². The summed E-state index contributed by atoms with van der Waals surface area (Å²) in [5, 5.41) is 9.11. The predicted octanol–water partition coefficient (Wildman–Crippen LogP) is 1.75. The molecule has 2 heterocycles. The Kier molecular flexibility index (Phi) is 4.06. The zero-order chi connectivity index (χ0) is 14.0. The Morgan fingerprint density at radius 2 is 2.21 bits per heavy atom. The first-order valence-corrected chi connectivity index (χ1v) is 6.87. The molecule has 1 aliphatic rings. The van der Waals surface area contributed by atoms with Crippen LogP contribution in [0.5, 0.6) is 0 Å². The highest BCUT2D eigenvalue weighted by molar-refractivity contribution is 5.35. The second kappa shape index (κ2) is 5.58. The summed E-state index contributed by atoms with van der Waals surface area (Å²) in [4.78, 5) is 14.5. The van der Waals surface area contributed by atoms with Crippen molar-refractivity contribution in [1.82, 2.24) is 9.47 Å². The Balaban J connectivity index is 2.47. The van der Waals surface area contributed by atoms with Crippen LogP contribution >= 0.6 is 0 Å². The van der Waals surface area contributed by atoms with E-state index < -0.39 is 0 Å². The molecular weight excluding hydrogens is 238 g/mol. The number of likely N-dealkylation sites (N-methyl/N-ethyl adjacent to an activating group) is 1. The van der Waals surface area contributed by atoms with E-state index in [4.69, 9.17) is 5.26 Å². The van der Waals surface area contributed by atoms with E-state index in [-0.39, 0.29) is 11.1 Å². The summed E-state index contributed by atoms with van der Waals surface area (Å²) < 4.78 is 1.83. The zero-order valence-corrected chi connectivity index (χ0v) is 11.9. The second-order valence-electron chi connectivity index (χ2n) is 5.77. The molecule has 0 unspecified atom stereocenters. The van der Waals surface area contributed by atoms with Crippen LogP contribution in [0.4, 0.5) is 0 Å². The number of fused-ring (bicyclic) bond motifs is 1. The first-order valence-electron chi connectivity index (χ1n) is 6.87. The highest BCUT2D eigenvalue weighted by atomic mass is 16.1. The van der Waals surface area contributed by atoms with Gasteiger partial charge in [0.25, 0.3) is 5.56 Å². The van der Waals surface area contributed by atoms with E-state index in [0.717, 1.165) is 43.7 Å². The molecule has 0 amide bonds. The van der Waals surface area contributed by atoms with E-state index in [1.165, 1.54) is 0 Å². The first-order chi connectivity index (χ1) is 9.02. The lowest BCUT2D eigenvalue weighted by molar-refractivity contribution is 0.302. The van der Waals surface area contributed by atoms with Crippen molar-refractivity contribution in [3.8, 4) is 6.07 Å². The van der Waals surface area contributed by atoms with Crippen molar-refractivity contribution in [2.75, 3.05) is 13.6 Å². The number of hydrogen-bond acceptors (Lipinski definition) is 3. The van der Waals surface area contributed by atoms with Crippen LogP contribution in [0, 0.1) is 17.2 Å². The lowest BCUT2D eigenvalue weighted by Gasteiger charge is -2.28. The molecule has 19 heavy (non-hydrogen) atoms. The second-order valence-corrected chi connectivity index (χ2v) is 5.77. The molecule has 4 nitrogen and oxygen atoms in total. The summed E-state index contributed by atoms with van der Waals surface area (Å²) in [5.41, 5.74) is 2.42. The fourth-order valence-corrected chi connectivity index (χ4v) is 2.56. The van der Waals surface area contributed by atoms with Gasteiger partial charge >= 0.3 is 0 Å². The SMILES string of the molecule is CC(C)CCn1c2c(cc(C#N)c1=O)CN(C)CC2. The smallest absolute Gasteiger partial charge is 0.268 e. The number of nitriles is 1. The van der Waals surface area contributed by atoms with Crippen LogP contribution in [-0.4, -0.2) is 23.1 Å². The van der Waals surface area contributed by atoms with Crippen molar-refractivity contribution in [2.24, 2.45) is 5.92 Å². The third kappa shape index (κ3) is 2.87. The monoisotopic (exact) mass is 259 g/mol. The summed E-state index contributed by atoms with van der Waals surface area (Å²) >= 11 is 0. The number of pyridine rings is 1. The minimum atomic E-state index is -0.119. The van der Waals surface area contributed by atoms with Crippen molar-refractivity contribution < 1.29 is 0 Å². The summed E-state index contributed by atoms with van der Waals surface area (Å²) in [6.45, 7) is 6.82. The Morgan fingerprint density at radius 1 is 1.47 bits per heavy atom. The van der Waals surface area contributed by atoms with Gasteiger partial charge in [0.05, 0.1) is 0 Å². The molecular formula is C15H21N3O. The Morgan fingerprint density at radius 3 is 2.84 bits per heavy atom. The fraction of sp³-hybridized carbons (Fsp3) is 0.600. The van der Waals surface area contributed by atoms with E-state index in [0.29, 0.717) is 5.92 Å². The largest absolute Gasteiger partial charge is 0.311 e. The standard InChI is InChI=1S/C15H21N3O/c1-11(2)4-7-18-14-5-6-17(3)10-13(14)8-12(9-16)15(18)19/h8,11H,4-7,10H2,1-3H3. The molecule has 0 aromatic carbocycles. The van der Waals surface area contributed by atoms with E-state index in [1.54, 1.807) is 6.07 Å². The lowest BCUT2D eigenvalue weighted by Crippen LogP contribution is -2.35. The van der Waals surface area contributed by atoms with Crippen LogP contribution < -0.4 is 5.56 Å². The molecule has 0 fully saturated rings. The normalized spacial score (nSPS) is 15.3. The maximum absolute atomic E-state index is 12.3. The van der Waals surface area contributed by atoms with E-state index in [1.807, 2.05) is 10.6 Å². The fourth-order valence-electron chi connectivity index (χ4n) is 2.56. The average Bonchev–Trinajstić information content (AvgIpc) is 2.37. The molecule has 0 N–H and O–H groups in total. The Labute approximate surface area is 114 Å². The van der Waals surface area contributed by atoms with E-state index in [2.05, 4.69) is 25.8 Å². The van der Waals surface area contributed by atoms with Crippen LogP contribution in [-0.2, 0) is 19.5 Å². The van der Waals surface area contributed by atoms with Gasteiger partial charge in [-0.3, -0.25) is 4.79 Å². The average molecular weight is 259 g/mol. The van der Waals surface area contributed by atoms with Gasteiger partial charge in [-0.25, -0.2) is 0 Å². The summed E-state index contributed by atoms with van der Waals surface area (Å²) in [7, 11) is 2.07. The first kappa shape index (κ1) is 13.8. The van der Waals surface area contributed by atoms with Crippen LogP contribution in [0.2, 0.25) is 0 Å². The van der Waals surface area contributed by atoms with Gasteiger partial charge in [0, 0.05) is 31.7 Å². The molecule has 0 aliphatic carbocycles. The minimum absolute atomic E-state index is 0.119. The molecule has 1 aliphatic heterocycles. The van der Waals surface area contributed by atoms with Gasteiger partial charge in [0.1, 0.15) is 11.6 Å².